The summed E-state index contributed by atoms with van der Waals surface area (Å²) < 4.78 is 24.0. The first-order valence-electron chi connectivity index (χ1n) is 31.8. The van der Waals surface area contributed by atoms with Gasteiger partial charge in [-0.05, 0) is 66.5 Å². The molecule has 8 heteroatoms. The van der Waals surface area contributed by atoms with Gasteiger partial charge < -0.3 is 18.9 Å². The number of carbonyl (C=O) groups is 4. The predicted molar refractivity (Wildman–Crippen MR) is 319 cm³/mol. The van der Waals surface area contributed by atoms with Crippen LogP contribution in [0.1, 0.15) is 328 Å². The highest BCUT2D eigenvalue weighted by atomic mass is 16.5. The van der Waals surface area contributed by atoms with Crippen LogP contribution < -0.4 is 0 Å². The van der Waals surface area contributed by atoms with Crippen LogP contribution in [0.15, 0.2) is 36.4 Å². The standard InChI is InChI=1S/C68H114O8/c1-55(2)44-34-25-17-9-13-21-29-40-50-73-65(69)61-54-60(59-48-38-33-39-49-59)62(66(70)74-51-41-30-22-14-10-18-26-35-45-56(3)4)64(68(72)76-53-43-32-24-16-12-20-28-37-47-58(7)8)63(61)67(71)75-52-42-31-23-15-11-19-27-36-46-57(5)6/h33,38-39,48-49,54-58H,9-32,34-37,40-47,50-53H2,1-8H3. The average Bonchev–Trinajstić information content (AvgIpc) is 3.41. The molecule has 0 amide bonds. The van der Waals surface area contributed by atoms with Gasteiger partial charge in [0.25, 0.3) is 0 Å². The van der Waals surface area contributed by atoms with Crippen LogP contribution in [-0.2, 0) is 18.9 Å². The smallest absolute Gasteiger partial charge is 0.339 e. The molecule has 2 rings (SSSR count). The molecular formula is C68H114O8. The van der Waals surface area contributed by atoms with Crippen molar-refractivity contribution in [2.45, 2.75) is 287 Å². The molecule has 0 aliphatic rings. The molecule has 0 aliphatic heterocycles. The normalized spacial score (nSPS) is 11.6. The summed E-state index contributed by atoms with van der Waals surface area (Å²) in [4.78, 5) is 58.5. The Hall–Kier alpha value is -3.68. The molecule has 0 unspecified atom stereocenters. The van der Waals surface area contributed by atoms with Gasteiger partial charge >= 0.3 is 23.9 Å². The van der Waals surface area contributed by atoms with Gasteiger partial charge in [-0.2, -0.15) is 0 Å². The highest BCUT2D eigenvalue weighted by Gasteiger charge is 2.36. The summed E-state index contributed by atoms with van der Waals surface area (Å²) in [5, 5.41) is 0. The van der Waals surface area contributed by atoms with Gasteiger partial charge in [0.2, 0.25) is 0 Å². The Morgan fingerprint density at radius 1 is 0.303 bits per heavy atom. The highest BCUT2D eigenvalue weighted by molar-refractivity contribution is 6.18. The van der Waals surface area contributed by atoms with Gasteiger partial charge in [0.15, 0.2) is 0 Å². The van der Waals surface area contributed by atoms with Crippen LogP contribution >= 0.6 is 0 Å². The number of ether oxygens (including phenoxy) is 4. The van der Waals surface area contributed by atoms with E-state index in [4.69, 9.17) is 18.9 Å². The monoisotopic (exact) mass is 1060 g/mol. The molecule has 434 valence electrons. The van der Waals surface area contributed by atoms with E-state index in [0.29, 0.717) is 36.8 Å². The lowest BCUT2D eigenvalue weighted by Gasteiger charge is -2.20. The van der Waals surface area contributed by atoms with E-state index in [1.54, 1.807) is 0 Å². The number of hydrogen-bond donors (Lipinski definition) is 0. The van der Waals surface area contributed by atoms with E-state index in [9.17, 15) is 19.2 Å². The van der Waals surface area contributed by atoms with E-state index in [1.807, 2.05) is 30.3 Å². The van der Waals surface area contributed by atoms with Crippen LogP contribution in [0.2, 0.25) is 0 Å². The summed E-state index contributed by atoms with van der Waals surface area (Å²) >= 11 is 0. The maximum Gasteiger partial charge on any atom is 0.339 e. The fourth-order valence-corrected chi connectivity index (χ4v) is 10.1. The molecular weight excluding hydrogens is 945 g/mol. The number of hydrogen-bond acceptors (Lipinski definition) is 8. The van der Waals surface area contributed by atoms with E-state index >= 15 is 0 Å². The van der Waals surface area contributed by atoms with E-state index in [2.05, 4.69) is 55.4 Å². The molecule has 0 saturated carbocycles. The topological polar surface area (TPSA) is 105 Å². The first-order valence-corrected chi connectivity index (χ1v) is 31.8. The Morgan fingerprint density at radius 3 is 0.855 bits per heavy atom. The fraction of sp³-hybridized carbons (Fsp3) is 0.765. The summed E-state index contributed by atoms with van der Waals surface area (Å²) in [6.45, 7) is 18.8. The number of unbranched alkanes of at least 4 members (excludes halogenated alkanes) is 28. The zero-order valence-corrected chi connectivity index (χ0v) is 50.3. The quantitative estimate of drug-likeness (QED) is 0.0367. The van der Waals surface area contributed by atoms with Gasteiger partial charge in [-0.1, -0.05) is 291 Å². The molecule has 2 aromatic carbocycles. The minimum Gasteiger partial charge on any atom is -0.462 e. The van der Waals surface area contributed by atoms with E-state index in [0.717, 1.165) is 101 Å². The molecule has 8 nitrogen and oxygen atoms in total. The summed E-state index contributed by atoms with van der Waals surface area (Å²) in [5.41, 5.74) is 0.142. The van der Waals surface area contributed by atoms with E-state index < -0.39 is 23.9 Å². The summed E-state index contributed by atoms with van der Waals surface area (Å²) in [6.07, 6.45) is 40.0. The van der Waals surface area contributed by atoms with Crippen LogP contribution in [-0.4, -0.2) is 50.3 Å². The van der Waals surface area contributed by atoms with E-state index in [-0.39, 0.29) is 48.7 Å². The van der Waals surface area contributed by atoms with Crippen LogP contribution in [0, 0.1) is 23.7 Å². The van der Waals surface area contributed by atoms with Gasteiger partial charge in [0, 0.05) is 0 Å². The average molecular weight is 1060 g/mol. The summed E-state index contributed by atoms with van der Waals surface area (Å²) in [5.74, 6) is -0.171. The van der Waals surface area contributed by atoms with Crippen molar-refractivity contribution < 1.29 is 38.1 Å². The number of rotatable bonds is 49. The van der Waals surface area contributed by atoms with Crippen molar-refractivity contribution in [3.63, 3.8) is 0 Å². The molecule has 0 fully saturated rings. The maximum absolute atomic E-state index is 14.8. The van der Waals surface area contributed by atoms with Crippen LogP contribution in [0.5, 0.6) is 0 Å². The highest BCUT2D eigenvalue weighted by Crippen LogP contribution is 2.35. The molecule has 0 atom stereocenters. The van der Waals surface area contributed by atoms with E-state index in [1.165, 1.54) is 134 Å². The summed E-state index contributed by atoms with van der Waals surface area (Å²) in [6, 6.07) is 10.8. The molecule has 0 aromatic heterocycles. The van der Waals surface area contributed by atoms with Crippen molar-refractivity contribution in [1.29, 1.82) is 0 Å². The molecule has 76 heavy (non-hydrogen) atoms. The fourth-order valence-electron chi connectivity index (χ4n) is 10.1. The van der Waals surface area contributed by atoms with Gasteiger partial charge in [-0.3, -0.25) is 0 Å². The Balaban J connectivity index is 2.40. The number of carbonyl (C=O) groups excluding carboxylic acids is 4. The SMILES string of the molecule is CC(C)CCCCCCCCCCOC(=O)c1cc(-c2ccccc2)c(C(=O)OCCCCCCCCCCC(C)C)c(C(=O)OCCCCCCCCCCC(C)C)c1C(=O)OCCCCCCCCCCC(C)C. The second kappa shape index (κ2) is 45.2. The largest absolute Gasteiger partial charge is 0.462 e. The second-order valence-corrected chi connectivity index (χ2v) is 24.1. The van der Waals surface area contributed by atoms with Crippen molar-refractivity contribution in [1.82, 2.24) is 0 Å². The molecule has 0 spiro atoms. The van der Waals surface area contributed by atoms with Gasteiger partial charge in [-0.25, -0.2) is 19.2 Å². The predicted octanol–water partition coefficient (Wildman–Crippen LogP) is 20.6. The number of benzene rings is 2. The molecule has 0 heterocycles. The molecule has 2 aromatic rings. The Kier molecular flexibility index (Phi) is 40.7. The van der Waals surface area contributed by atoms with Crippen molar-refractivity contribution in [2.24, 2.45) is 23.7 Å². The first kappa shape index (κ1) is 68.4. The van der Waals surface area contributed by atoms with Crippen molar-refractivity contribution in [3.05, 3.63) is 58.7 Å². The molecule has 0 N–H and O–H groups in total. The minimum atomic E-state index is -0.845. The Bertz CT molecular complexity index is 1780. The zero-order valence-electron chi connectivity index (χ0n) is 50.3. The van der Waals surface area contributed by atoms with Crippen molar-refractivity contribution in [2.75, 3.05) is 26.4 Å². The van der Waals surface area contributed by atoms with Gasteiger partial charge in [0.05, 0.1) is 48.7 Å². The van der Waals surface area contributed by atoms with Crippen LogP contribution in [0.3, 0.4) is 0 Å². The molecule has 0 saturated heterocycles. The summed E-state index contributed by atoms with van der Waals surface area (Å²) in [7, 11) is 0. The first-order chi connectivity index (χ1) is 36.8. The molecule has 0 bridgehead atoms. The van der Waals surface area contributed by atoms with Crippen LogP contribution in [0.4, 0.5) is 0 Å². The second-order valence-electron chi connectivity index (χ2n) is 24.1. The number of esters is 4. The van der Waals surface area contributed by atoms with Gasteiger partial charge in [0.1, 0.15) is 0 Å². The maximum atomic E-state index is 14.8. The van der Waals surface area contributed by atoms with Gasteiger partial charge in [-0.15, -0.1) is 0 Å². The zero-order chi connectivity index (χ0) is 55.4. The minimum absolute atomic E-state index is 0.0869. The molecule has 0 radical (unpaired) electrons. The lowest BCUT2D eigenvalue weighted by Crippen LogP contribution is -2.25. The third-order valence-corrected chi connectivity index (χ3v) is 14.9. The van der Waals surface area contributed by atoms with Crippen molar-refractivity contribution in [3.8, 4) is 11.1 Å². The molecule has 0 aliphatic carbocycles. The Morgan fingerprint density at radius 2 is 0.553 bits per heavy atom. The lowest BCUT2D eigenvalue weighted by molar-refractivity contribution is 0.0415. The lowest BCUT2D eigenvalue weighted by atomic mass is 9.88. The van der Waals surface area contributed by atoms with Crippen LogP contribution in [0.25, 0.3) is 11.1 Å². The third kappa shape index (κ3) is 33.6. The third-order valence-electron chi connectivity index (χ3n) is 14.9. The Labute approximate surface area is 466 Å². The van der Waals surface area contributed by atoms with Crippen molar-refractivity contribution >= 4 is 23.9 Å².